The van der Waals surface area contributed by atoms with Gasteiger partial charge >= 0.3 is 12.1 Å². The van der Waals surface area contributed by atoms with E-state index in [-0.39, 0.29) is 12.1 Å². The van der Waals surface area contributed by atoms with Crippen molar-refractivity contribution < 1.29 is 14.3 Å². The molecule has 0 bridgehead atoms. The standard InChI is InChI=1S/C18H28ClN3O3/c1-13-12-20-16(21-15(13)19)24-11-7-9-14-8-5-6-10-22(14)17(23)25-18(2,3)4/h12,14H,5-11H2,1-4H3/t14-/m1/s1. The SMILES string of the molecule is Cc1cnc(OCCC[C@H]2CCCCN2C(=O)OC(C)(C)C)nc1Cl. The number of aryl methyl sites for hydroxylation is 1. The molecule has 0 saturated carbocycles. The first kappa shape index (κ1) is 19.8. The Bertz CT molecular complexity index is 589. The normalized spacial score (nSPS) is 18.1. The number of hydrogen-bond donors (Lipinski definition) is 0. The second-order valence-electron chi connectivity index (χ2n) is 7.44. The average molecular weight is 370 g/mol. The minimum atomic E-state index is -0.468. The van der Waals surface area contributed by atoms with E-state index >= 15 is 0 Å². The molecule has 0 aliphatic carbocycles. The third kappa shape index (κ3) is 6.34. The van der Waals surface area contributed by atoms with Gasteiger partial charge in [-0.2, -0.15) is 4.98 Å². The summed E-state index contributed by atoms with van der Waals surface area (Å²) in [5, 5.41) is 0.411. The highest BCUT2D eigenvalue weighted by molar-refractivity contribution is 6.30. The van der Waals surface area contributed by atoms with Crippen molar-refractivity contribution in [2.45, 2.75) is 71.4 Å². The van der Waals surface area contributed by atoms with E-state index in [2.05, 4.69) is 9.97 Å². The summed E-state index contributed by atoms with van der Waals surface area (Å²) in [4.78, 5) is 22.4. The number of hydrogen-bond acceptors (Lipinski definition) is 5. The van der Waals surface area contributed by atoms with Crippen molar-refractivity contribution in [3.8, 4) is 6.01 Å². The zero-order valence-electron chi connectivity index (χ0n) is 15.5. The summed E-state index contributed by atoms with van der Waals surface area (Å²) >= 11 is 5.97. The highest BCUT2D eigenvalue weighted by Gasteiger charge is 2.30. The number of halogens is 1. The van der Waals surface area contributed by atoms with Crippen molar-refractivity contribution in [3.63, 3.8) is 0 Å². The zero-order valence-corrected chi connectivity index (χ0v) is 16.3. The maximum absolute atomic E-state index is 12.4. The van der Waals surface area contributed by atoms with Gasteiger partial charge in [0.1, 0.15) is 10.8 Å². The van der Waals surface area contributed by atoms with E-state index in [9.17, 15) is 4.79 Å². The molecule has 1 atom stereocenters. The number of ether oxygens (including phenoxy) is 2. The largest absolute Gasteiger partial charge is 0.463 e. The Morgan fingerprint density at radius 3 is 2.84 bits per heavy atom. The lowest BCUT2D eigenvalue weighted by Gasteiger charge is -2.36. The first-order valence-electron chi connectivity index (χ1n) is 8.88. The molecule has 0 spiro atoms. The van der Waals surface area contributed by atoms with E-state index in [1.165, 1.54) is 0 Å². The van der Waals surface area contributed by atoms with E-state index in [0.29, 0.717) is 17.8 Å². The molecular formula is C18H28ClN3O3. The smallest absolute Gasteiger partial charge is 0.410 e. The van der Waals surface area contributed by atoms with Crippen LogP contribution >= 0.6 is 11.6 Å². The zero-order chi connectivity index (χ0) is 18.4. The third-order valence-corrected chi connectivity index (χ3v) is 4.44. The maximum atomic E-state index is 12.4. The fourth-order valence-corrected chi connectivity index (χ4v) is 2.94. The lowest BCUT2D eigenvalue weighted by Crippen LogP contribution is -2.46. The van der Waals surface area contributed by atoms with Gasteiger partial charge in [-0.15, -0.1) is 0 Å². The van der Waals surface area contributed by atoms with Gasteiger partial charge in [0.05, 0.1) is 6.61 Å². The van der Waals surface area contributed by atoms with E-state index in [1.807, 2.05) is 32.6 Å². The summed E-state index contributed by atoms with van der Waals surface area (Å²) in [5.41, 5.74) is 0.355. The van der Waals surface area contributed by atoms with E-state index in [0.717, 1.165) is 44.2 Å². The van der Waals surface area contributed by atoms with Gasteiger partial charge in [0, 0.05) is 24.3 Å². The number of carbonyl (C=O) groups excluding carboxylic acids is 1. The Morgan fingerprint density at radius 2 is 2.16 bits per heavy atom. The molecule has 0 N–H and O–H groups in total. The Labute approximate surface area is 154 Å². The Kier molecular flexibility index (Phi) is 6.87. The molecule has 1 aliphatic heterocycles. The highest BCUT2D eigenvalue weighted by atomic mass is 35.5. The van der Waals surface area contributed by atoms with E-state index in [4.69, 9.17) is 21.1 Å². The number of carbonyl (C=O) groups is 1. The van der Waals surface area contributed by atoms with Crippen molar-refractivity contribution in [3.05, 3.63) is 16.9 Å². The minimum Gasteiger partial charge on any atom is -0.463 e. The fraction of sp³-hybridized carbons (Fsp3) is 0.722. The van der Waals surface area contributed by atoms with Gasteiger partial charge < -0.3 is 14.4 Å². The van der Waals surface area contributed by atoms with Crippen molar-refractivity contribution in [1.82, 2.24) is 14.9 Å². The van der Waals surface area contributed by atoms with Gasteiger partial charge in [0.2, 0.25) is 0 Å². The van der Waals surface area contributed by atoms with Crippen LogP contribution in [0.3, 0.4) is 0 Å². The number of aromatic nitrogens is 2. The third-order valence-electron chi connectivity index (χ3n) is 4.06. The topological polar surface area (TPSA) is 64.5 Å². The minimum absolute atomic E-state index is 0.203. The molecule has 140 valence electrons. The van der Waals surface area contributed by atoms with E-state index in [1.54, 1.807) is 6.20 Å². The van der Waals surface area contributed by atoms with Crippen molar-refractivity contribution >= 4 is 17.7 Å². The number of nitrogens with zero attached hydrogens (tertiary/aromatic N) is 3. The quantitative estimate of drug-likeness (QED) is 0.569. The van der Waals surface area contributed by atoms with Crippen molar-refractivity contribution in [1.29, 1.82) is 0 Å². The van der Waals surface area contributed by atoms with Gasteiger partial charge in [0.15, 0.2) is 0 Å². The first-order valence-corrected chi connectivity index (χ1v) is 9.25. The van der Waals surface area contributed by atoms with Crippen LogP contribution in [0.25, 0.3) is 0 Å². The molecule has 2 heterocycles. The Balaban J connectivity index is 1.81. The van der Waals surface area contributed by atoms with Gasteiger partial charge in [-0.05, 0) is 59.8 Å². The van der Waals surface area contributed by atoms with Crippen LogP contribution in [-0.4, -0.2) is 45.8 Å². The predicted octanol–water partition coefficient (Wildman–Crippen LogP) is 4.39. The number of piperidine rings is 1. The Morgan fingerprint density at radius 1 is 1.40 bits per heavy atom. The summed E-state index contributed by atoms with van der Waals surface area (Å²) in [7, 11) is 0. The van der Waals surface area contributed by atoms with Gasteiger partial charge in [-0.3, -0.25) is 0 Å². The Hall–Kier alpha value is -1.56. The molecule has 1 amide bonds. The summed E-state index contributed by atoms with van der Waals surface area (Å²) in [6, 6.07) is 0.498. The van der Waals surface area contributed by atoms with Crippen LogP contribution in [0.5, 0.6) is 6.01 Å². The molecule has 6 nitrogen and oxygen atoms in total. The predicted molar refractivity (Wildman–Crippen MR) is 97.1 cm³/mol. The van der Waals surface area contributed by atoms with Crippen molar-refractivity contribution in [2.75, 3.05) is 13.2 Å². The molecule has 7 heteroatoms. The van der Waals surface area contributed by atoms with Gasteiger partial charge in [0.25, 0.3) is 0 Å². The molecule has 1 saturated heterocycles. The van der Waals surface area contributed by atoms with Crippen LogP contribution in [0, 0.1) is 6.92 Å². The molecule has 1 fully saturated rings. The lowest BCUT2D eigenvalue weighted by molar-refractivity contribution is 0.00820. The van der Waals surface area contributed by atoms with Crippen molar-refractivity contribution in [2.24, 2.45) is 0 Å². The van der Waals surface area contributed by atoms with Gasteiger partial charge in [-0.1, -0.05) is 11.6 Å². The second kappa shape index (κ2) is 8.70. The number of amides is 1. The number of likely N-dealkylation sites (tertiary alicyclic amines) is 1. The lowest BCUT2D eigenvalue weighted by atomic mass is 9.98. The fourth-order valence-electron chi connectivity index (χ4n) is 2.82. The second-order valence-corrected chi connectivity index (χ2v) is 7.80. The monoisotopic (exact) mass is 369 g/mol. The van der Waals surface area contributed by atoms with E-state index < -0.39 is 5.60 Å². The molecule has 1 aromatic heterocycles. The average Bonchev–Trinajstić information content (AvgIpc) is 2.53. The molecule has 0 unspecified atom stereocenters. The molecular weight excluding hydrogens is 342 g/mol. The summed E-state index contributed by atoms with van der Waals surface area (Å²) in [6.07, 6.45) is 6.30. The van der Waals surface area contributed by atoms with Crippen LogP contribution in [0.15, 0.2) is 6.20 Å². The van der Waals surface area contributed by atoms with Crippen LogP contribution in [0.1, 0.15) is 58.4 Å². The van der Waals surface area contributed by atoms with Crippen LogP contribution in [0.2, 0.25) is 5.15 Å². The summed E-state index contributed by atoms with van der Waals surface area (Å²) in [5.74, 6) is 0. The van der Waals surface area contributed by atoms with Gasteiger partial charge in [-0.25, -0.2) is 9.78 Å². The summed E-state index contributed by atoms with van der Waals surface area (Å²) in [6.45, 7) is 8.79. The first-order chi connectivity index (χ1) is 11.8. The molecule has 2 rings (SSSR count). The number of rotatable bonds is 5. The maximum Gasteiger partial charge on any atom is 0.410 e. The van der Waals surface area contributed by atoms with Crippen LogP contribution < -0.4 is 4.74 Å². The summed E-state index contributed by atoms with van der Waals surface area (Å²) < 4.78 is 11.1. The molecule has 0 radical (unpaired) electrons. The van der Waals surface area contributed by atoms with Crippen LogP contribution in [0.4, 0.5) is 4.79 Å². The van der Waals surface area contributed by atoms with Crippen LogP contribution in [-0.2, 0) is 4.74 Å². The molecule has 1 aliphatic rings. The highest BCUT2D eigenvalue weighted by Crippen LogP contribution is 2.23. The molecule has 1 aromatic rings. The molecule has 0 aromatic carbocycles. The molecule has 25 heavy (non-hydrogen) atoms.